The lowest BCUT2D eigenvalue weighted by atomic mass is 9.99. The summed E-state index contributed by atoms with van der Waals surface area (Å²) < 4.78 is 0. The van der Waals surface area contributed by atoms with Gasteiger partial charge in [0.25, 0.3) is 0 Å². The molecule has 0 radical (unpaired) electrons. The minimum atomic E-state index is 0.864. The molecule has 0 atom stereocenters. The van der Waals surface area contributed by atoms with Crippen LogP contribution in [-0.4, -0.2) is 29.3 Å². The van der Waals surface area contributed by atoms with Crippen molar-refractivity contribution in [3.63, 3.8) is 0 Å². The number of hydrogen-bond donors (Lipinski definition) is 1. The Morgan fingerprint density at radius 3 is 2.86 bits per heavy atom. The number of aromatic nitrogens is 2. The van der Waals surface area contributed by atoms with Gasteiger partial charge in [-0.15, -0.1) is 0 Å². The van der Waals surface area contributed by atoms with Crippen LogP contribution in [0.1, 0.15) is 22.4 Å². The number of nitrogens with zero attached hydrogens (tertiary/aromatic N) is 3. The molecule has 2 aliphatic heterocycles. The molecule has 0 unspecified atom stereocenters. The van der Waals surface area contributed by atoms with Gasteiger partial charge < -0.3 is 10.2 Å². The molecule has 22 heavy (non-hydrogen) atoms. The minimum Gasteiger partial charge on any atom is -0.352 e. The van der Waals surface area contributed by atoms with Gasteiger partial charge >= 0.3 is 0 Å². The summed E-state index contributed by atoms with van der Waals surface area (Å²) in [7, 11) is 0. The Kier molecular flexibility index (Phi) is 3.76. The van der Waals surface area contributed by atoms with Crippen molar-refractivity contribution in [2.45, 2.75) is 31.1 Å². The zero-order valence-corrected chi connectivity index (χ0v) is 13.6. The van der Waals surface area contributed by atoms with E-state index in [9.17, 15) is 0 Å². The molecule has 5 heteroatoms. The van der Waals surface area contributed by atoms with Gasteiger partial charge in [0.15, 0.2) is 5.16 Å². The van der Waals surface area contributed by atoms with E-state index in [-0.39, 0.29) is 0 Å². The Hall–Kier alpha value is -1.59. The quantitative estimate of drug-likeness (QED) is 0.681. The summed E-state index contributed by atoms with van der Waals surface area (Å²) in [6.45, 7) is 3.89. The highest BCUT2D eigenvalue weighted by molar-refractivity contribution is 7.98. The third-order valence-electron chi connectivity index (χ3n) is 4.51. The third-order valence-corrected chi connectivity index (χ3v) is 5.06. The third kappa shape index (κ3) is 2.48. The standard InChI is InChI=1S/C17H20N4S/c1-22-17-19-15-10-18-8-6-14(15)16(20-17)21-9-7-12-4-2-3-5-13(12)11-21/h2-5,18H,6-11H2,1H3. The maximum absolute atomic E-state index is 4.85. The molecule has 3 heterocycles. The maximum Gasteiger partial charge on any atom is 0.189 e. The number of hydrogen-bond acceptors (Lipinski definition) is 5. The van der Waals surface area contributed by atoms with Crippen molar-refractivity contribution in [2.75, 3.05) is 24.2 Å². The Morgan fingerprint density at radius 1 is 1.14 bits per heavy atom. The summed E-state index contributed by atoms with van der Waals surface area (Å²) >= 11 is 1.63. The van der Waals surface area contributed by atoms with E-state index in [1.54, 1.807) is 11.8 Å². The van der Waals surface area contributed by atoms with Gasteiger partial charge in [-0.2, -0.15) is 0 Å². The molecule has 2 aliphatic rings. The lowest BCUT2D eigenvalue weighted by molar-refractivity contribution is 0.603. The molecule has 0 saturated carbocycles. The molecule has 0 fully saturated rings. The van der Waals surface area contributed by atoms with Crippen LogP contribution in [-0.2, 0) is 25.9 Å². The van der Waals surface area contributed by atoms with E-state index in [4.69, 9.17) is 9.97 Å². The van der Waals surface area contributed by atoms with Crippen LogP contribution in [0, 0.1) is 0 Å². The molecule has 4 rings (SSSR count). The van der Waals surface area contributed by atoms with Crippen molar-refractivity contribution in [2.24, 2.45) is 0 Å². The zero-order valence-electron chi connectivity index (χ0n) is 12.8. The van der Waals surface area contributed by atoms with Crippen molar-refractivity contribution in [3.8, 4) is 0 Å². The van der Waals surface area contributed by atoms with E-state index < -0.39 is 0 Å². The van der Waals surface area contributed by atoms with Crippen molar-refractivity contribution >= 4 is 17.6 Å². The highest BCUT2D eigenvalue weighted by Gasteiger charge is 2.24. The Balaban J connectivity index is 1.73. The van der Waals surface area contributed by atoms with Gasteiger partial charge in [0.1, 0.15) is 5.82 Å². The highest BCUT2D eigenvalue weighted by Crippen LogP contribution is 2.30. The number of benzene rings is 1. The predicted molar refractivity (Wildman–Crippen MR) is 90.4 cm³/mol. The van der Waals surface area contributed by atoms with Crippen LogP contribution in [0.5, 0.6) is 0 Å². The van der Waals surface area contributed by atoms with E-state index in [2.05, 4.69) is 34.5 Å². The second-order valence-electron chi connectivity index (χ2n) is 5.83. The van der Waals surface area contributed by atoms with Gasteiger partial charge in [0, 0.05) is 25.2 Å². The Labute approximate surface area is 135 Å². The van der Waals surface area contributed by atoms with Gasteiger partial charge in [0.05, 0.1) is 5.69 Å². The zero-order chi connectivity index (χ0) is 14.9. The van der Waals surface area contributed by atoms with Crippen molar-refractivity contribution < 1.29 is 0 Å². The van der Waals surface area contributed by atoms with E-state index in [1.807, 2.05) is 6.26 Å². The summed E-state index contributed by atoms with van der Waals surface area (Å²) in [5.41, 5.74) is 5.43. The number of fused-ring (bicyclic) bond motifs is 2. The van der Waals surface area contributed by atoms with Crippen molar-refractivity contribution in [1.29, 1.82) is 0 Å². The van der Waals surface area contributed by atoms with Gasteiger partial charge in [-0.05, 0) is 36.8 Å². The molecule has 0 bridgehead atoms. The second-order valence-corrected chi connectivity index (χ2v) is 6.60. The van der Waals surface area contributed by atoms with E-state index in [1.165, 1.54) is 22.4 Å². The lowest BCUT2D eigenvalue weighted by Gasteiger charge is -2.32. The average Bonchev–Trinajstić information content (AvgIpc) is 2.60. The number of thioether (sulfide) groups is 1. The van der Waals surface area contributed by atoms with Crippen LogP contribution in [0.2, 0.25) is 0 Å². The molecule has 2 aromatic rings. The van der Waals surface area contributed by atoms with Crippen LogP contribution < -0.4 is 10.2 Å². The molecule has 1 aromatic carbocycles. The topological polar surface area (TPSA) is 41.1 Å². The number of anilines is 1. The summed E-state index contributed by atoms with van der Waals surface area (Å²) in [6, 6.07) is 8.76. The van der Waals surface area contributed by atoms with Gasteiger partial charge in [-0.1, -0.05) is 36.0 Å². The molecule has 0 spiro atoms. The molecule has 1 N–H and O–H groups in total. The van der Waals surface area contributed by atoms with E-state index in [0.717, 1.165) is 50.0 Å². The molecular weight excluding hydrogens is 292 g/mol. The first-order chi connectivity index (χ1) is 10.8. The van der Waals surface area contributed by atoms with Gasteiger partial charge in [-0.25, -0.2) is 9.97 Å². The number of rotatable bonds is 2. The largest absolute Gasteiger partial charge is 0.352 e. The molecule has 4 nitrogen and oxygen atoms in total. The molecule has 0 saturated heterocycles. The predicted octanol–water partition coefficient (Wildman–Crippen LogP) is 2.41. The van der Waals surface area contributed by atoms with E-state index >= 15 is 0 Å². The molecule has 0 amide bonds. The lowest BCUT2D eigenvalue weighted by Crippen LogP contribution is -2.34. The first kappa shape index (κ1) is 14.0. The van der Waals surface area contributed by atoms with Gasteiger partial charge in [-0.3, -0.25) is 0 Å². The monoisotopic (exact) mass is 312 g/mol. The fraction of sp³-hybridized carbons (Fsp3) is 0.412. The number of nitrogens with one attached hydrogen (secondary N) is 1. The summed E-state index contributed by atoms with van der Waals surface area (Å²) in [5.74, 6) is 1.16. The van der Waals surface area contributed by atoms with Crippen molar-refractivity contribution in [1.82, 2.24) is 15.3 Å². The molecule has 1 aromatic heterocycles. The SMILES string of the molecule is CSc1nc2c(c(N3CCc4ccccc4C3)n1)CCNC2. The molecular formula is C17H20N4S. The van der Waals surface area contributed by atoms with E-state index in [0.29, 0.717) is 0 Å². The second kappa shape index (κ2) is 5.89. The van der Waals surface area contributed by atoms with Gasteiger partial charge in [0.2, 0.25) is 0 Å². The van der Waals surface area contributed by atoms with Crippen molar-refractivity contribution in [3.05, 3.63) is 46.6 Å². The first-order valence-corrected chi connectivity index (χ1v) is 9.04. The molecule has 0 aliphatic carbocycles. The summed E-state index contributed by atoms with van der Waals surface area (Å²) in [5, 5.41) is 4.31. The summed E-state index contributed by atoms with van der Waals surface area (Å²) in [6.07, 6.45) is 4.17. The van der Waals surface area contributed by atoms with Crippen LogP contribution in [0.4, 0.5) is 5.82 Å². The molecule has 114 valence electrons. The fourth-order valence-electron chi connectivity index (χ4n) is 3.35. The fourth-order valence-corrected chi connectivity index (χ4v) is 3.73. The average molecular weight is 312 g/mol. The normalized spacial score (nSPS) is 17.0. The first-order valence-electron chi connectivity index (χ1n) is 7.81. The Bertz CT molecular complexity index is 701. The Morgan fingerprint density at radius 2 is 2.00 bits per heavy atom. The summed E-state index contributed by atoms with van der Waals surface area (Å²) in [4.78, 5) is 12.0. The highest BCUT2D eigenvalue weighted by atomic mass is 32.2. The van der Waals surface area contributed by atoms with Crippen LogP contribution >= 0.6 is 11.8 Å². The van der Waals surface area contributed by atoms with Crippen LogP contribution in [0.3, 0.4) is 0 Å². The van der Waals surface area contributed by atoms with Crippen LogP contribution in [0.25, 0.3) is 0 Å². The minimum absolute atomic E-state index is 0.864. The van der Waals surface area contributed by atoms with Crippen LogP contribution in [0.15, 0.2) is 29.4 Å². The smallest absolute Gasteiger partial charge is 0.189 e. The maximum atomic E-state index is 4.85.